The van der Waals surface area contributed by atoms with Crippen LogP contribution in [0.25, 0.3) is 0 Å². The number of rotatable bonds is 6. The standard InChI is InChI=1S/C18H14FN3O4/c1-25-17(23)11-26-16-5-3-2-4-13(16)10-21-22-18(24)14-7-6-12(9-20)8-15(14)19/h2-8,10H,11H2,1H3,(H,22,24). The lowest BCUT2D eigenvalue weighted by Crippen LogP contribution is -2.19. The number of esters is 1. The molecule has 0 heterocycles. The van der Waals surface area contributed by atoms with E-state index in [-0.39, 0.29) is 17.7 Å². The fourth-order valence-electron chi connectivity index (χ4n) is 1.90. The molecule has 132 valence electrons. The Morgan fingerprint density at radius 2 is 2.08 bits per heavy atom. The van der Waals surface area contributed by atoms with Crippen molar-refractivity contribution in [2.24, 2.45) is 5.10 Å². The molecular formula is C18H14FN3O4. The second-order valence-corrected chi connectivity index (χ2v) is 4.91. The Labute approximate surface area is 148 Å². The van der Waals surface area contributed by atoms with E-state index < -0.39 is 17.7 Å². The maximum atomic E-state index is 13.8. The summed E-state index contributed by atoms with van der Waals surface area (Å²) < 4.78 is 23.6. The van der Waals surface area contributed by atoms with Gasteiger partial charge in [-0.3, -0.25) is 4.79 Å². The molecule has 7 nitrogen and oxygen atoms in total. The molecule has 0 saturated carbocycles. The van der Waals surface area contributed by atoms with Crippen LogP contribution in [0, 0.1) is 17.1 Å². The predicted octanol–water partition coefficient (Wildman–Crippen LogP) is 2.01. The van der Waals surface area contributed by atoms with E-state index in [0.717, 1.165) is 6.07 Å². The predicted molar refractivity (Wildman–Crippen MR) is 90.1 cm³/mol. The minimum absolute atomic E-state index is 0.110. The number of nitrogens with zero attached hydrogens (tertiary/aromatic N) is 2. The van der Waals surface area contributed by atoms with E-state index in [2.05, 4.69) is 15.3 Å². The van der Waals surface area contributed by atoms with E-state index in [0.29, 0.717) is 11.3 Å². The highest BCUT2D eigenvalue weighted by Gasteiger charge is 2.11. The molecule has 0 aliphatic heterocycles. The second kappa shape index (κ2) is 8.94. The maximum Gasteiger partial charge on any atom is 0.343 e. The highest BCUT2D eigenvalue weighted by atomic mass is 19.1. The summed E-state index contributed by atoms with van der Waals surface area (Å²) in [6.45, 7) is -0.274. The summed E-state index contributed by atoms with van der Waals surface area (Å²) in [5.74, 6) is -1.77. The molecule has 0 bridgehead atoms. The van der Waals surface area contributed by atoms with E-state index >= 15 is 0 Å². The fourth-order valence-corrected chi connectivity index (χ4v) is 1.90. The van der Waals surface area contributed by atoms with Crippen LogP contribution in [0.4, 0.5) is 4.39 Å². The van der Waals surface area contributed by atoms with Crippen molar-refractivity contribution in [3.63, 3.8) is 0 Å². The Kier molecular flexibility index (Phi) is 6.40. The number of amides is 1. The van der Waals surface area contributed by atoms with Crippen LogP contribution in [-0.2, 0) is 9.53 Å². The van der Waals surface area contributed by atoms with Gasteiger partial charge in [-0.2, -0.15) is 10.4 Å². The summed E-state index contributed by atoms with van der Waals surface area (Å²) in [5, 5.41) is 12.5. The Balaban J connectivity index is 2.05. The number of hydrogen-bond donors (Lipinski definition) is 1. The average molecular weight is 355 g/mol. The number of methoxy groups -OCH3 is 1. The molecular weight excluding hydrogens is 341 g/mol. The van der Waals surface area contributed by atoms with Crippen molar-refractivity contribution >= 4 is 18.1 Å². The van der Waals surface area contributed by atoms with Gasteiger partial charge in [-0.05, 0) is 30.3 Å². The van der Waals surface area contributed by atoms with Crippen molar-refractivity contribution in [3.8, 4) is 11.8 Å². The molecule has 0 aliphatic carbocycles. The van der Waals surface area contributed by atoms with Gasteiger partial charge in [0.05, 0.1) is 30.5 Å². The molecule has 0 aromatic heterocycles. The Morgan fingerprint density at radius 1 is 1.31 bits per heavy atom. The molecule has 0 spiro atoms. The first kappa shape index (κ1) is 18.6. The highest BCUT2D eigenvalue weighted by Crippen LogP contribution is 2.16. The van der Waals surface area contributed by atoms with Gasteiger partial charge in [0.25, 0.3) is 5.91 Å². The summed E-state index contributed by atoms with van der Waals surface area (Å²) >= 11 is 0. The molecule has 0 aliphatic rings. The van der Waals surface area contributed by atoms with Crippen LogP contribution in [0.15, 0.2) is 47.6 Å². The van der Waals surface area contributed by atoms with Gasteiger partial charge >= 0.3 is 5.97 Å². The fraction of sp³-hybridized carbons (Fsp3) is 0.111. The summed E-state index contributed by atoms with van der Waals surface area (Å²) in [5.41, 5.74) is 2.56. The zero-order valence-electron chi connectivity index (χ0n) is 13.7. The van der Waals surface area contributed by atoms with Crippen LogP contribution >= 0.6 is 0 Å². The van der Waals surface area contributed by atoms with E-state index in [1.54, 1.807) is 30.3 Å². The number of hydrazone groups is 1. The number of benzene rings is 2. The monoisotopic (exact) mass is 355 g/mol. The Bertz CT molecular complexity index is 890. The van der Waals surface area contributed by atoms with Crippen LogP contribution < -0.4 is 10.2 Å². The molecule has 1 N–H and O–H groups in total. The molecule has 0 unspecified atom stereocenters. The number of nitriles is 1. The topological polar surface area (TPSA) is 101 Å². The van der Waals surface area contributed by atoms with E-state index in [9.17, 15) is 14.0 Å². The smallest absolute Gasteiger partial charge is 0.343 e. The number of nitrogens with one attached hydrogen (secondary N) is 1. The molecule has 0 fully saturated rings. The minimum Gasteiger partial charge on any atom is -0.481 e. The quantitative estimate of drug-likeness (QED) is 0.485. The zero-order chi connectivity index (χ0) is 18.9. The number of halogens is 1. The largest absolute Gasteiger partial charge is 0.481 e. The zero-order valence-corrected chi connectivity index (χ0v) is 13.7. The van der Waals surface area contributed by atoms with Crippen LogP contribution in [0.1, 0.15) is 21.5 Å². The van der Waals surface area contributed by atoms with Gasteiger partial charge < -0.3 is 9.47 Å². The van der Waals surface area contributed by atoms with E-state index in [1.807, 2.05) is 0 Å². The lowest BCUT2D eigenvalue weighted by atomic mass is 10.1. The molecule has 0 atom stereocenters. The maximum absolute atomic E-state index is 13.8. The Morgan fingerprint density at radius 3 is 2.77 bits per heavy atom. The first-order valence-corrected chi connectivity index (χ1v) is 7.37. The van der Waals surface area contributed by atoms with Gasteiger partial charge in [0.1, 0.15) is 11.6 Å². The number of hydrogen-bond acceptors (Lipinski definition) is 6. The molecule has 26 heavy (non-hydrogen) atoms. The Hall–Kier alpha value is -3.73. The van der Waals surface area contributed by atoms with Gasteiger partial charge in [-0.1, -0.05) is 12.1 Å². The van der Waals surface area contributed by atoms with Gasteiger partial charge in [0, 0.05) is 5.56 Å². The molecule has 2 rings (SSSR count). The van der Waals surface area contributed by atoms with Crippen molar-refractivity contribution in [2.75, 3.05) is 13.7 Å². The van der Waals surface area contributed by atoms with E-state index in [1.165, 1.54) is 25.5 Å². The third-order valence-electron chi connectivity index (χ3n) is 3.20. The SMILES string of the molecule is COC(=O)COc1ccccc1C=NNC(=O)c1ccc(C#N)cc1F. The third-order valence-corrected chi connectivity index (χ3v) is 3.20. The van der Waals surface area contributed by atoms with Gasteiger partial charge in [0.2, 0.25) is 0 Å². The van der Waals surface area contributed by atoms with Crippen LogP contribution in [0.2, 0.25) is 0 Å². The minimum atomic E-state index is -0.821. The first-order valence-electron chi connectivity index (χ1n) is 7.37. The molecule has 0 radical (unpaired) electrons. The normalized spacial score (nSPS) is 10.2. The van der Waals surface area contributed by atoms with Crippen molar-refractivity contribution in [3.05, 3.63) is 65.0 Å². The number of carbonyl (C=O) groups is 2. The van der Waals surface area contributed by atoms with Crippen LogP contribution in [0.5, 0.6) is 5.75 Å². The summed E-state index contributed by atoms with van der Waals surface area (Å²) in [7, 11) is 1.25. The van der Waals surface area contributed by atoms with Crippen molar-refractivity contribution in [1.82, 2.24) is 5.43 Å². The van der Waals surface area contributed by atoms with Crippen molar-refractivity contribution in [1.29, 1.82) is 5.26 Å². The number of para-hydroxylation sites is 1. The highest BCUT2D eigenvalue weighted by molar-refractivity contribution is 5.95. The summed E-state index contributed by atoms with van der Waals surface area (Å²) in [4.78, 5) is 23.1. The number of ether oxygens (including phenoxy) is 2. The van der Waals surface area contributed by atoms with Crippen LogP contribution in [0.3, 0.4) is 0 Å². The number of carbonyl (C=O) groups excluding carboxylic acids is 2. The van der Waals surface area contributed by atoms with Crippen LogP contribution in [-0.4, -0.2) is 31.8 Å². The van der Waals surface area contributed by atoms with Crippen molar-refractivity contribution < 1.29 is 23.5 Å². The summed E-state index contributed by atoms with van der Waals surface area (Å²) in [6.07, 6.45) is 1.30. The molecule has 8 heteroatoms. The van der Waals surface area contributed by atoms with Gasteiger partial charge in [-0.25, -0.2) is 14.6 Å². The molecule has 2 aromatic carbocycles. The second-order valence-electron chi connectivity index (χ2n) is 4.91. The van der Waals surface area contributed by atoms with Gasteiger partial charge in [-0.15, -0.1) is 0 Å². The van der Waals surface area contributed by atoms with Crippen molar-refractivity contribution in [2.45, 2.75) is 0 Å². The molecule has 0 saturated heterocycles. The first-order chi connectivity index (χ1) is 12.5. The van der Waals surface area contributed by atoms with Gasteiger partial charge in [0.15, 0.2) is 6.61 Å². The lowest BCUT2D eigenvalue weighted by Gasteiger charge is -2.07. The molecule has 1 amide bonds. The molecule has 2 aromatic rings. The van der Waals surface area contributed by atoms with E-state index in [4.69, 9.17) is 10.00 Å². The average Bonchev–Trinajstić information content (AvgIpc) is 2.66. The lowest BCUT2D eigenvalue weighted by molar-refractivity contribution is -0.142. The summed E-state index contributed by atoms with van der Waals surface area (Å²) in [6, 6.07) is 12.0. The third kappa shape index (κ3) is 4.88.